The summed E-state index contributed by atoms with van der Waals surface area (Å²) in [6.07, 6.45) is 1.89. The molecule has 0 aliphatic carbocycles. The second-order valence-electron chi connectivity index (χ2n) is 5.43. The Morgan fingerprint density at radius 1 is 1.18 bits per heavy atom. The molecule has 4 nitrogen and oxygen atoms in total. The predicted octanol–water partition coefficient (Wildman–Crippen LogP) is 4.77. The lowest BCUT2D eigenvalue weighted by Gasteiger charge is -2.11. The number of nitrogens with one attached hydrogen (secondary N) is 1. The Kier molecular flexibility index (Phi) is 4.22. The van der Waals surface area contributed by atoms with Gasteiger partial charge in [-0.05, 0) is 50.1 Å². The van der Waals surface area contributed by atoms with Crippen molar-refractivity contribution in [1.29, 1.82) is 0 Å². The van der Waals surface area contributed by atoms with Crippen molar-refractivity contribution in [2.75, 3.05) is 5.32 Å². The first-order valence-electron chi connectivity index (χ1n) is 7.15. The Labute approximate surface area is 138 Å². The SMILES string of the molecule is Cc1nc(-c2nc(NC(C)C)ncc2-c2ccsc2)sc1C. The zero-order valence-corrected chi connectivity index (χ0v) is 14.7. The van der Waals surface area contributed by atoms with Gasteiger partial charge in [-0.25, -0.2) is 15.0 Å². The van der Waals surface area contributed by atoms with E-state index in [-0.39, 0.29) is 0 Å². The first kappa shape index (κ1) is 15.1. The van der Waals surface area contributed by atoms with Crippen LogP contribution in [0.1, 0.15) is 24.4 Å². The third-order valence-corrected chi connectivity index (χ3v) is 5.03. The van der Waals surface area contributed by atoms with Crippen molar-refractivity contribution in [3.05, 3.63) is 33.6 Å². The minimum absolute atomic E-state index is 0.291. The number of rotatable bonds is 4. The molecule has 0 unspecified atom stereocenters. The van der Waals surface area contributed by atoms with E-state index in [9.17, 15) is 0 Å². The number of hydrogen-bond acceptors (Lipinski definition) is 6. The summed E-state index contributed by atoms with van der Waals surface area (Å²) in [5.41, 5.74) is 4.14. The van der Waals surface area contributed by atoms with Crippen LogP contribution in [0.15, 0.2) is 23.0 Å². The molecule has 3 heterocycles. The van der Waals surface area contributed by atoms with Crippen molar-refractivity contribution >= 4 is 28.6 Å². The number of thiazole rings is 1. The molecule has 1 N–H and O–H groups in total. The fourth-order valence-electron chi connectivity index (χ4n) is 2.08. The highest BCUT2D eigenvalue weighted by Crippen LogP contribution is 2.35. The number of hydrogen-bond donors (Lipinski definition) is 1. The minimum Gasteiger partial charge on any atom is -0.352 e. The number of aromatic nitrogens is 3. The molecule has 0 atom stereocenters. The Bertz CT molecular complexity index is 756. The summed E-state index contributed by atoms with van der Waals surface area (Å²) >= 11 is 3.35. The van der Waals surface area contributed by atoms with Gasteiger partial charge >= 0.3 is 0 Å². The van der Waals surface area contributed by atoms with Crippen molar-refractivity contribution < 1.29 is 0 Å². The average molecular weight is 330 g/mol. The maximum absolute atomic E-state index is 4.72. The lowest BCUT2D eigenvalue weighted by molar-refractivity contribution is 0.875. The van der Waals surface area contributed by atoms with Crippen molar-refractivity contribution in [1.82, 2.24) is 15.0 Å². The summed E-state index contributed by atoms with van der Waals surface area (Å²) < 4.78 is 0. The van der Waals surface area contributed by atoms with E-state index in [1.807, 2.05) is 13.1 Å². The summed E-state index contributed by atoms with van der Waals surface area (Å²) in [4.78, 5) is 15.1. The Balaban J connectivity index is 2.14. The summed E-state index contributed by atoms with van der Waals surface area (Å²) in [7, 11) is 0. The zero-order chi connectivity index (χ0) is 15.7. The van der Waals surface area contributed by atoms with Crippen molar-refractivity contribution in [2.45, 2.75) is 33.7 Å². The van der Waals surface area contributed by atoms with Crippen LogP contribution in [-0.2, 0) is 0 Å². The molecule has 0 bridgehead atoms. The molecule has 0 aliphatic heterocycles. The van der Waals surface area contributed by atoms with Crippen molar-refractivity contribution in [3.63, 3.8) is 0 Å². The van der Waals surface area contributed by atoms with Gasteiger partial charge in [-0.15, -0.1) is 11.3 Å². The molecule has 0 fully saturated rings. The maximum Gasteiger partial charge on any atom is 0.223 e. The fourth-order valence-corrected chi connectivity index (χ4v) is 3.65. The first-order valence-corrected chi connectivity index (χ1v) is 8.91. The molecule has 0 amide bonds. The van der Waals surface area contributed by atoms with E-state index in [0.717, 1.165) is 27.5 Å². The maximum atomic E-state index is 4.72. The van der Waals surface area contributed by atoms with E-state index in [4.69, 9.17) is 4.98 Å². The molecule has 22 heavy (non-hydrogen) atoms. The molecule has 114 valence electrons. The highest BCUT2D eigenvalue weighted by atomic mass is 32.1. The average Bonchev–Trinajstić information content (AvgIpc) is 3.09. The highest BCUT2D eigenvalue weighted by Gasteiger charge is 2.16. The fraction of sp³-hybridized carbons (Fsp3) is 0.312. The lowest BCUT2D eigenvalue weighted by atomic mass is 10.1. The molecular weight excluding hydrogens is 312 g/mol. The molecule has 3 aromatic heterocycles. The molecule has 0 spiro atoms. The van der Waals surface area contributed by atoms with E-state index < -0.39 is 0 Å². The standard InChI is InChI=1S/C16H18N4S2/c1-9(2)18-16-17-7-13(12-5-6-21-8-12)14(20-16)15-19-10(3)11(4)22-15/h5-9H,1-4H3,(H,17,18,20). The van der Waals surface area contributed by atoms with Gasteiger partial charge in [0.15, 0.2) is 0 Å². The third kappa shape index (κ3) is 3.03. The van der Waals surface area contributed by atoms with Gasteiger partial charge in [0.2, 0.25) is 5.95 Å². The molecule has 0 aromatic carbocycles. The highest BCUT2D eigenvalue weighted by molar-refractivity contribution is 7.15. The molecule has 0 radical (unpaired) electrons. The molecule has 3 rings (SSSR count). The first-order chi connectivity index (χ1) is 10.5. The monoisotopic (exact) mass is 330 g/mol. The van der Waals surface area contributed by atoms with Crippen LogP contribution in [0.4, 0.5) is 5.95 Å². The van der Waals surface area contributed by atoms with Crippen LogP contribution < -0.4 is 5.32 Å². The van der Waals surface area contributed by atoms with E-state index in [0.29, 0.717) is 12.0 Å². The molecule has 3 aromatic rings. The smallest absolute Gasteiger partial charge is 0.223 e. The van der Waals surface area contributed by atoms with E-state index in [1.165, 1.54) is 4.88 Å². The van der Waals surface area contributed by atoms with E-state index in [2.05, 4.69) is 52.9 Å². The van der Waals surface area contributed by atoms with Crippen LogP contribution in [0.5, 0.6) is 0 Å². The molecule has 0 saturated heterocycles. The second kappa shape index (κ2) is 6.14. The van der Waals surface area contributed by atoms with Crippen LogP contribution in [0.3, 0.4) is 0 Å². The quantitative estimate of drug-likeness (QED) is 0.749. The summed E-state index contributed by atoms with van der Waals surface area (Å²) in [6, 6.07) is 2.38. The second-order valence-corrected chi connectivity index (χ2v) is 7.41. The van der Waals surface area contributed by atoms with Crippen molar-refractivity contribution in [3.8, 4) is 21.8 Å². The van der Waals surface area contributed by atoms with E-state index >= 15 is 0 Å². The Morgan fingerprint density at radius 2 is 2.00 bits per heavy atom. The Morgan fingerprint density at radius 3 is 2.59 bits per heavy atom. The summed E-state index contributed by atoms with van der Waals surface area (Å²) in [5.74, 6) is 0.648. The van der Waals surface area contributed by atoms with Crippen LogP contribution in [0, 0.1) is 13.8 Å². The van der Waals surface area contributed by atoms with Gasteiger partial charge < -0.3 is 5.32 Å². The zero-order valence-electron chi connectivity index (χ0n) is 13.0. The molecule has 0 aliphatic rings. The number of anilines is 1. The normalized spacial score (nSPS) is 11.1. The predicted molar refractivity (Wildman–Crippen MR) is 94.7 cm³/mol. The van der Waals surface area contributed by atoms with Crippen LogP contribution in [-0.4, -0.2) is 21.0 Å². The largest absolute Gasteiger partial charge is 0.352 e. The van der Waals surface area contributed by atoms with Gasteiger partial charge in [-0.3, -0.25) is 0 Å². The van der Waals surface area contributed by atoms with Crippen LogP contribution in [0.2, 0.25) is 0 Å². The van der Waals surface area contributed by atoms with Gasteiger partial charge in [-0.1, -0.05) is 0 Å². The van der Waals surface area contributed by atoms with Gasteiger partial charge in [0, 0.05) is 22.7 Å². The van der Waals surface area contributed by atoms with Crippen LogP contribution in [0.25, 0.3) is 21.8 Å². The van der Waals surface area contributed by atoms with Crippen LogP contribution >= 0.6 is 22.7 Å². The molecular formula is C16H18N4S2. The van der Waals surface area contributed by atoms with Gasteiger partial charge in [0.25, 0.3) is 0 Å². The van der Waals surface area contributed by atoms with Crippen molar-refractivity contribution in [2.24, 2.45) is 0 Å². The summed E-state index contributed by atoms with van der Waals surface area (Å²) in [6.45, 7) is 8.28. The van der Waals surface area contributed by atoms with E-state index in [1.54, 1.807) is 22.7 Å². The third-order valence-electron chi connectivity index (χ3n) is 3.27. The van der Waals surface area contributed by atoms with Gasteiger partial charge in [0.1, 0.15) is 10.7 Å². The number of nitrogens with zero attached hydrogens (tertiary/aromatic N) is 3. The lowest BCUT2D eigenvalue weighted by Crippen LogP contribution is -2.12. The summed E-state index contributed by atoms with van der Waals surface area (Å²) in [5, 5.41) is 8.40. The molecule has 0 saturated carbocycles. The number of aryl methyl sites for hydroxylation is 2. The van der Waals surface area contributed by atoms with Gasteiger partial charge in [-0.2, -0.15) is 11.3 Å². The molecule has 6 heteroatoms. The topological polar surface area (TPSA) is 50.7 Å². The Hall–Kier alpha value is -1.79. The minimum atomic E-state index is 0.291. The van der Waals surface area contributed by atoms with Gasteiger partial charge in [0.05, 0.1) is 5.69 Å². The number of thiophene rings is 1.